The van der Waals surface area contributed by atoms with Crippen molar-refractivity contribution in [1.82, 2.24) is 5.32 Å². The molecule has 0 saturated heterocycles. The minimum absolute atomic E-state index is 0.0991. The quantitative estimate of drug-likeness (QED) is 0.792. The van der Waals surface area contributed by atoms with Crippen molar-refractivity contribution in [2.45, 2.75) is 23.8 Å². The van der Waals surface area contributed by atoms with Crippen LogP contribution in [0.3, 0.4) is 0 Å². The smallest absolute Gasteiger partial charge is 0.326 e. The summed E-state index contributed by atoms with van der Waals surface area (Å²) in [5, 5.41) is 12.2. The summed E-state index contributed by atoms with van der Waals surface area (Å²) in [7, 11) is 0. The van der Waals surface area contributed by atoms with Crippen LogP contribution in [-0.2, 0) is 9.59 Å². The fourth-order valence-corrected chi connectivity index (χ4v) is 2.54. The number of aliphatic carboxylic acids is 1. The molecule has 1 aliphatic carbocycles. The fraction of sp³-hybridized carbons (Fsp3) is 0.385. The van der Waals surface area contributed by atoms with Gasteiger partial charge in [-0.2, -0.15) is 0 Å². The van der Waals surface area contributed by atoms with Crippen LogP contribution >= 0.6 is 23.4 Å². The van der Waals surface area contributed by atoms with E-state index < -0.39 is 12.0 Å². The summed E-state index contributed by atoms with van der Waals surface area (Å²) in [5.41, 5.74) is 0. The number of carbonyl (C=O) groups is 2. The molecule has 19 heavy (non-hydrogen) atoms. The standard InChI is InChI=1S/C13H14ClNO3S/c14-9-3-5-10(6-4-9)19-7-11(16)15-12(13(17)18)8-1-2-8/h3-6,8,12H,1-2,7H2,(H,15,16)(H,17,18). The van der Waals surface area contributed by atoms with E-state index in [0.717, 1.165) is 17.7 Å². The lowest BCUT2D eigenvalue weighted by Crippen LogP contribution is -2.43. The lowest BCUT2D eigenvalue weighted by Gasteiger charge is -2.13. The average molecular weight is 300 g/mol. The van der Waals surface area contributed by atoms with Crippen molar-refractivity contribution in [3.8, 4) is 0 Å². The first-order valence-corrected chi connectivity index (χ1v) is 7.33. The molecule has 0 aromatic heterocycles. The summed E-state index contributed by atoms with van der Waals surface area (Å²) in [6, 6.07) is 6.43. The maximum Gasteiger partial charge on any atom is 0.326 e. The Morgan fingerprint density at radius 3 is 2.53 bits per heavy atom. The minimum atomic E-state index is -0.952. The summed E-state index contributed by atoms with van der Waals surface area (Å²) in [4.78, 5) is 23.6. The normalized spacial score (nSPS) is 15.8. The highest BCUT2D eigenvalue weighted by molar-refractivity contribution is 8.00. The van der Waals surface area contributed by atoms with Gasteiger partial charge in [-0.3, -0.25) is 4.79 Å². The summed E-state index contributed by atoms with van der Waals surface area (Å²) in [6.07, 6.45) is 1.75. The molecule has 0 spiro atoms. The lowest BCUT2D eigenvalue weighted by atomic mass is 10.2. The van der Waals surface area contributed by atoms with E-state index in [1.807, 2.05) is 12.1 Å². The Morgan fingerprint density at radius 1 is 1.37 bits per heavy atom. The molecule has 1 atom stereocenters. The summed E-state index contributed by atoms with van der Waals surface area (Å²) >= 11 is 7.13. The zero-order valence-electron chi connectivity index (χ0n) is 10.1. The summed E-state index contributed by atoms with van der Waals surface area (Å²) in [5.74, 6) is -0.897. The van der Waals surface area contributed by atoms with Crippen LogP contribution in [0.2, 0.25) is 5.02 Å². The molecule has 0 bridgehead atoms. The van der Waals surface area contributed by atoms with Crippen LogP contribution in [0.4, 0.5) is 0 Å². The zero-order chi connectivity index (χ0) is 13.8. The molecule has 1 amide bonds. The Balaban J connectivity index is 1.80. The third-order valence-electron chi connectivity index (χ3n) is 2.86. The molecule has 6 heteroatoms. The predicted octanol–water partition coefficient (Wildman–Crippen LogP) is 2.41. The summed E-state index contributed by atoms with van der Waals surface area (Å²) < 4.78 is 0. The van der Waals surface area contributed by atoms with Crippen LogP contribution in [0.15, 0.2) is 29.2 Å². The molecule has 1 saturated carbocycles. The number of rotatable bonds is 6. The Morgan fingerprint density at radius 2 is 2.00 bits per heavy atom. The van der Waals surface area contributed by atoms with Crippen molar-refractivity contribution in [2.24, 2.45) is 5.92 Å². The monoisotopic (exact) mass is 299 g/mol. The third kappa shape index (κ3) is 4.44. The molecule has 0 aliphatic heterocycles. The van der Waals surface area contributed by atoms with Gasteiger partial charge in [-0.05, 0) is 43.0 Å². The number of nitrogens with one attached hydrogen (secondary N) is 1. The maximum atomic E-state index is 11.7. The first-order valence-electron chi connectivity index (χ1n) is 5.97. The highest BCUT2D eigenvalue weighted by atomic mass is 35.5. The average Bonchev–Trinajstić information content (AvgIpc) is 3.19. The van der Waals surface area contributed by atoms with E-state index in [4.69, 9.17) is 16.7 Å². The molecule has 1 aliphatic rings. The number of halogens is 1. The van der Waals surface area contributed by atoms with Crippen molar-refractivity contribution in [3.05, 3.63) is 29.3 Å². The number of thioether (sulfide) groups is 1. The Bertz CT molecular complexity index is 473. The number of hydrogen-bond donors (Lipinski definition) is 2. The van der Waals surface area contributed by atoms with E-state index in [2.05, 4.69) is 5.32 Å². The second kappa shape index (κ2) is 6.30. The van der Waals surface area contributed by atoms with Gasteiger partial charge in [0.2, 0.25) is 5.91 Å². The predicted molar refractivity (Wildman–Crippen MR) is 74.5 cm³/mol. The zero-order valence-corrected chi connectivity index (χ0v) is 11.7. The van der Waals surface area contributed by atoms with Gasteiger partial charge in [0, 0.05) is 9.92 Å². The first kappa shape index (κ1) is 14.2. The van der Waals surface area contributed by atoms with Gasteiger partial charge in [0.1, 0.15) is 6.04 Å². The van der Waals surface area contributed by atoms with Gasteiger partial charge < -0.3 is 10.4 Å². The van der Waals surface area contributed by atoms with Gasteiger partial charge in [-0.25, -0.2) is 4.79 Å². The van der Waals surface area contributed by atoms with Crippen LogP contribution in [0.25, 0.3) is 0 Å². The number of carboxylic acid groups (broad SMARTS) is 1. The van der Waals surface area contributed by atoms with Crippen LogP contribution in [-0.4, -0.2) is 28.8 Å². The topological polar surface area (TPSA) is 66.4 Å². The highest BCUT2D eigenvalue weighted by Gasteiger charge is 2.37. The molecule has 1 aromatic rings. The van der Waals surface area contributed by atoms with E-state index in [9.17, 15) is 9.59 Å². The molecule has 2 N–H and O–H groups in total. The molecule has 1 aromatic carbocycles. The van der Waals surface area contributed by atoms with Crippen molar-refractivity contribution in [2.75, 3.05) is 5.75 Å². The number of carboxylic acids is 1. The van der Waals surface area contributed by atoms with E-state index in [1.54, 1.807) is 12.1 Å². The molecule has 1 unspecified atom stereocenters. The van der Waals surface area contributed by atoms with Gasteiger partial charge in [0.15, 0.2) is 0 Å². The van der Waals surface area contributed by atoms with Gasteiger partial charge in [-0.15, -0.1) is 11.8 Å². The van der Waals surface area contributed by atoms with Crippen LogP contribution < -0.4 is 5.32 Å². The number of benzene rings is 1. The first-order chi connectivity index (χ1) is 9.06. The van der Waals surface area contributed by atoms with E-state index >= 15 is 0 Å². The van der Waals surface area contributed by atoms with Crippen molar-refractivity contribution >= 4 is 35.2 Å². The van der Waals surface area contributed by atoms with Crippen LogP contribution in [0.1, 0.15) is 12.8 Å². The van der Waals surface area contributed by atoms with Crippen molar-refractivity contribution in [3.63, 3.8) is 0 Å². The molecule has 4 nitrogen and oxygen atoms in total. The fourth-order valence-electron chi connectivity index (χ4n) is 1.71. The Labute approximate surface area is 120 Å². The molecule has 0 heterocycles. The molecule has 2 rings (SSSR count). The van der Waals surface area contributed by atoms with Gasteiger partial charge in [0.05, 0.1) is 5.75 Å². The molecular formula is C13H14ClNO3S. The maximum absolute atomic E-state index is 11.7. The second-order valence-corrected chi connectivity index (χ2v) is 5.95. The molecule has 1 fully saturated rings. The number of carbonyl (C=O) groups excluding carboxylic acids is 1. The molecular weight excluding hydrogens is 286 g/mol. The second-order valence-electron chi connectivity index (χ2n) is 4.46. The Kier molecular flexibility index (Phi) is 4.71. The van der Waals surface area contributed by atoms with Gasteiger partial charge >= 0.3 is 5.97 Å². The molecule has 0 radical (unpaired) electrons. The van der Waals surface area contributed by atoms with Gasteiger partial charge in [-0.1, -0.05) is 11.6 Å². The van der Waals surface area contributed by atoms with Crippen molar-refractivity contribution < 1.29 is 14.7 Å². The Hall–Kier alpha value is -1.20. The highest BCUT2D eigenvalue weighted by Crippen LogP contribution is 2.32. The van der Waals surface area contributed by atoms with Crippen molar-refractivity contribution in [1.29, 1.82) is 0 Å². The van der Waals surface area contributed by atoms with Gasteiger partial charge in [0.25, 0.3) is 0 Å². The van der Waals surface area contributed by atoms with E-state index in [0.29, 0.717) is 5.02 Å². The van der Waals surface area contributed by atoms with Crippen LogP contribution in [0.5, 0.6) is 0 Å². The van der Waals surface area contributed by atoms with Crippen LogP contribution in [0, 0.1) is 5.92 Å². The SMILES string of the molecule is O=C(CSc1ccc(Cl)cc1)NC(C(=O)O)C1CC1. The van der Waals surface area contributed by atoms with E-state index in [-0.39, 0.29) is 17.6 Å². The third-order valence-corrected chi connectivity index (χ3v) is 4.12. The largest absolute Gasteiger partial charge is 0.480 e. The number of hydrogen-bond acceptors (Lipinski definition) is 3. The van der Waals surface area contributed by atoms with E-state index in [1.165, 1.54) is 11.8 Å². The number of amides is 1. The summed E-state index contributed by atoms with van der Waals surface area (Å²) in [6.45, 7) is 0. The molecule has 102 valence electrons. The minimum Gasteiger partial charge on any atom is -0.480 e. The lowest BCUT2D eigenvalue weighted by molar-refractivity contribution is -0.142.